The quantitative estimate of drug-likeness (QED) is 0.934. The molecule has 22 heavy (non-hydrogen) atoms. The summed E-state index contributed by atoms with van der Waals surface area (Å²) in [5.41, 5.74) is 0.882. The molecule has 0 aromatic heterocycles. The Morgan fingerprint density at radius 3 is 2.95 bits per heavy atom. The van der Waals surface area contributed by atoms with Crippen LogP contribution in [0, 0.1) is 18.7 Å². The Kier molecular flexibility index (Phi) is 5.35. The molecule has 0 spiro atoms. The molecule has 1 saturated heterocycles. The maximum absolute atomic E-state index is 13.5. The van der Waals surface area contributed by atoms with Crippen molar-refractivity contribution < 1.29 is 18.7 Å². The molecule has 1 aliphatic rings. The second-order valence-corrected chi connectivity index (χ2v) is 5.39. The maximum Gasteiger partial charge on any atom is 0.409 e. The molecule has 5 nitrogen and oxygen atoms in total. The highest BCUT2D eigenvalue weighted by molar-refractivity contribution is 5.93. The lowest BCUT2D eigenvalue weighted by Crippen LogP contribution is -2.44. The molecule has 1 aromatic rings. The van der Waals surface area contributed by atoms with Gasteiger partial charge in [0.05, 0.1) is 12.5 Å². The molecule has 1 atom stereocenters. The highest BCUT2D eigenvalue weighted by Crippen LogP contribution is 2.22. The van der Waals surface area contributed by atoms with E-state index in [1.807, 2.05) is 0 Å². The molecule has 1 aliphatic heterocycles. The SMILES string of the molecule is CCOC(=O)N1CCC[C@H](C(=O)Nc2cccc(F)c2C)C1. The second-order valence-electron chi connectivity index (χ2n) is 5.39. The van der Waals surface area contributed by atoms with Crippen LogP contribution in [-0.4, -0.2) is 36.6 Å². The number of carbonyl (C=O) groups is 2. The van der Waals surface area contributed by atoms with Crippen molar-refractivity contribution in [2.45, 2.75) is 26.7 Å². The molecule has 0 bridgehead atoms. The summed E-state index contributed by atoms with van der Waals surface area (Å²) in [6.07, 6.45) is 1.07. The number of hydrogen-bond acceptors (Lipinski definition) is 3. The summed E-state index contributed by atoms with van der Waals surface area (Å²) in [5, 5.41) is 2.75. The lowest BCUT2D eigenvalue weighted by Gasteiger charge is -2.31. The zero-order valence-corrected chi connectivity index (χ0v) is 12.9. The van der Waals surface area contributed by atoms with Gasteiger partial charge in [0.15, 0.2) is 0 Å². The molecular weight excluding hydrogens is 287 g/mol. The number of likely N-dealkylation sites (tertiary alicyclic amines) is 1. The van der Waals surface area contributed by atoms with Gasteiger partial charge in [-0.15, -0.1) is 0 Å². The van der Waals surface area contributed by atoms with E-state index in [9.17, 15) is 14.0 Å². The van der Waals surface area contributed by atoms with E-state index in [1.165, 1.54) is 6.07 Å². The number of carbonyl (C=O) groups excluding carboxylic acids is 2. The number of amides is 2. The van der Waals surface area contributed by atoms with E-state index in [1.54, 1.807) is 30.9 Å². The minimum Gasteiger partial charge on any atom is -0.450 e. The van der Waals surface area contributed by atoms with E-state index < -0.39 is 0 Å². The molecular formula is C16H21FN2O3. The highest BCUT2D eigenvalue weighted by Gasteiger charge is 2.29. The van der Waals surface area contributed by atoms with Gasteiger partial charge in [-0.05, 0) is 38.8 Å². The number of nitrogens with one attached hydrogen (secondary N) is 1. The monoisotopic (exact) mass is 308 g/mol. The van der Waals surface area contributed by atoms with Crippen LogP contribution < -0.4 is 5.32 Å². The van der Waals surface area contributed by atoms with Gasteiger partial charge in [-0.2, -0.15) is 0 Å². The van der Waals surface area contributed by atoms with Crippen molar-refractivity contribution in [3.63, 3.8) is 0 Å². The van der Waals surface area contributed by atoms with Crippen molar-refractivity contribution in [2.75, 3.05) is 25.0 Å². The predicted octanol–water partition coefficient (Wildman–Crippen LogP) is 2.94. The molecule has 0 aliphatic carbocycles. The van der Waals surface area contributed by atoms with Crippen LogP contribution in [0.3, 0.4) is 0 Å². The lowest BCUT2D eigenvalue weighted by molar-refractivity contribution is -0.121. The third kappa shape index (κ3) is 3.75. The maximum atomic E-state index is 13.5. The van der Waals surface area contributed by atoms with Gasteiger partial charge in [-0.25, -0.2) is 9.18 Å². The smallest absolute Gasteiger partial charge is 0.409 e. The summed E-state index contributed by atoms with van der Waals surface area (Å²) in [7, 11) is 0. The minimum absolute atomic E-state index is 0.192. The first-order valence-corrected chi connectivity index (χ1v) is 7.50. The average molecular weight is 308 g/mol. The van der Waals surface area contributed by atoms with Crippen LogP contribution in [-0.2, 0) is 9.53 Å². The van der Waals surface area contributed by atoms with Gasteiger partial charge >= 0.3 is 6.09 Å². The Morgan fingerprint density at radius 1 is 1.45 bits per heavy atom. The molecule has 0 saturated carbocycles. The number of nitrogens with zero attached hydrogens (tertiary/aromatic N) is 1. The largest absolute Gasteiger partial charge is 0.450 e. The summed E-state index contributed by atoms with van der Waals surface area (Å²) >= 11 is 0. The summed E-state index contributed by atoms with van der Waals surface area (Å²) in [4.78, 5) is 25.6. The molecule has 0 radical (unpaired) electrons. The minimum atomic E-state index is -0.387. The Labute approximate surface area is 129 Å². The third-order valence-corrected chi connectivity index (χ3v) is 3.84. The van der Waals surface area contributed by atoms with Gasteiger partial charge in [0, 0.05) is 24.3 Å². The van der Waals surface area contributed by atoms with Crippen LogP contribution >= 0.6 is 0 Å². The van der Waals surface area contributed by atoms with E-state index in [0.29, 0.717) is 37.4 Å². The van der Waals surface area contributed by atoms with Crippen molar-refractivity contribution in [1.29, 1.82) is 0 Å². The van der Waals surface area contributed by atoms with Crippen LogP contribution in [0.1, 0.15) is 25.3 Å². The van der Waals surface area contributed by atoms with Gasteiger partial charge in [0.1, 0.15) is 5.82 Å². The second kappa shape index (κ2) is 7.24. The standard InChI is InChI=1S/C16H21FN2O3/c1-3-22-16(21)19-9-5-6-12(10-19)15(20)18-14-8-4-7-13(17)11(14)2/h4,7-8,12H,3,5-6,9-10H2,1-2H3,(H,18,20)/t12-/m0/s1. The Balaban J connectivity index is 2.00. The fourth-order valence-corrected chi connectivity index (χ4v) is 2.55. The molecule has 0 unspecified atom stereocenters. The van der Waals surface area contributed by atoms with Gasteiger partial charge in [0.2, 0.25) is 5.91 Å². The van der Waals surface area contributed by atoms with Crippen LogP contribution in [0.25, 0.3) is 0 Å². The molecule has 1 N–H and O–H groups in total. The third-order valence-electron chi connectivity index (χ3n) is 3.84. The zero-order valence-electron chi connectivity index (χ0n) is 12.9. The Hall–Kier alpha value is -2.11. The van der Waals surface area contributed by atoms with Crippen LogP contribution in [0.2, 0.25) is 0 Å². The molecule has 1 fully saturated rings. The first-order valence-electron chi connectivity index (χ1n) is 7.50. The van der Waals surface area contributed by atoms with Crippen molar-refractivity contribution >= 4 is 17.7 Å². The van der Waals surface area contributed by atoms with Crippen molar-refractivity contribution in [2.24, 2.45) is 5.92 Å². The molecule has 2 amide bonds. The Bertz CT molecular complexity index is 562. The first-order chi connectivity index (χ1) is 10.5. The summed E-state index contributed by atoms with van der Waals surface area (Å²) < 4.78 is 18.5. The zero-order chi connectivity index (χ0) is 16.1. The first kappa shape index (κ1) is 16.3. The Morgan fingerprint density at radius 2 is 2.23 bits per heavy atom. The van der Waals surface area contributed by atoms with Crippen molar-refractivity contribution in [3.8, 4) is 0 Å². The summed E-state index contributed by atoms with van der Waals surface area (Å²) in [5.74, 6) is -0.849. The normalized spacial score (nSPS) is 18.0. The number of hydrogen-bond donors (Lipinski definition) is 1. The van der Waals surface area contributed by atoms with E-state index in [4.69, 9.17) is 4.74 Å². The number of benzene rings is 1. The van der Waals surface area contributed by atoms with E-state index in [0.717, 1.165) is 6.42 Å². The topological polar surface area (TPSA) is 58.6 Å². The summed E-state index contributed by atoms with van der Waals surface area (Å²) in [6, 6.07) is 4.58. The van der Waals surface area contributed by atoms with Crippen LogP contribution in [0.15, 0.2) is 18.2 Å². The van der Waals surface area contributed by atoms with E-state index >= 15 is 0 Å². The van der Waals surface area contributed by atoms with Crippen molar-refractivity contribution in [1.82, 2.24) is 4.90 Å². The van der Waals surface area contributed by atoms with Crippen LogP contribution in [0.5, 0.6) is 0 Å². The number of piperidine rings is 1. The average Bonchev–Trinajstić information content (AvgIpc) is 2.52. The summed E-state index contributed by atoms with van der Waals surface area (Å²) in [6.45, 7) is 4.62. The number of halogens is 1. The predicted molar refractivity (Wildman–Crippen MR) is 81.1 cm³/mol. The molecule has 1 heterocycles. The number of rotatable bonds is 3. The number of anilines is 1. The van der Waals surface area contributed by atoms with Gasteiger partial charge in [-0.1, -0.05) is 6.07 Å². The van der Waals surface area contributed by atoms with Crippen LogP contribution in [0.4, 0.5) is 14.9 Å². The lowest BCUT2D eigenvalue weighted by atomic mass is 9.97. The van der Waals surface area contributed by atoms with Gasteiger partial charge < -0.3 is 15.0 Å². The van der Waals surface area contributed by atoms with Crippen molar-refractivity contribution in [3.05, 3.63) is 29.6 Å². The number of ether oxygens (including phenoxy) is 1. The van der Waals surface area contributed by atoms with E-state index in [-0.39, 0.29) is 23.7 Å². The molecule has 2 rings (SSSR count). The van der Waals surface area contributed by atoms with E-state index in [2.05, 4.69) is 5.32 Å². The van der Waals surface area contributed by atoms with Gasteiger partial charge in [-0.3, -0.25) is 4.79 Å². The molecule has 1 aromatic carbocycles. The fourth-order valence-electron chi connectivity index (χ4n) is 2.55. The highest BCUT2D eigenvalue weighted by atomic mass is 19.1. The fraction of sp³-hybridized carbons (Fsp3) is 0.500. The van der Waals surface area contributed by atoms with Gasteiger partial charge in [0.25, 0.3) is 0 Å². The molecule has 6 heteroatoms. The molecule has 120 valence electrons.